The van der Waals surface area contributed by atoms with Crippen LogP contribution in [0.3, 0.4) is 0 Å². The first-order valence-electron chi connectivity index (χ1n) is 17.6. The van der Waals surface area contributed by atoms with E-state index < -0.39 is 24.3 Å². The predicted octanol–water partition coefficient (Wildman–Crippen LogP) is 4.37. The van der Waals surface area contributed by atoms with Gasteiger partial charge in [-0.05, 0) is 81.0 Å². The van der Waals surface area contributed by atoms with Crippen molar-refractivity contribution in [3.05, 3.63) is 47.3 Å². The molecule has 4 aliphatic rings. The Morgan fingerprint density at radius 3 is 2.38 bits per heavy atom. The molecule has 2 saturated heterocycles. The molecule has 3 fully saturated rings. The molecule has 1 aromatic carbocycles. The van der Waals surface area contributed by atoms with Crippen LogP contribution in [0.5, 0.6) is 0 Å². The van der Waals surface area contributed by atoms with Gasteiger partial charge < -0.3 is 29.3 Å². The predicted molar refractivity (Wildman–Crippen MR) is 183 cm³/mol. The highest BCUT2D eigenvalue weighted by Gasteiger charge is 2.32. The van der Waals surface area contributed by atoms with E-state index in [0.717, 1.165) is 50.3 Å². The number of cyclic esters (lactones) is 1. The molecular weight excluding hydrogens is 615 g/mol. The minimum Gasteiger partial charge on any atom is -0.457 e. The number of carbonyl (C=O) groups is 3. The smallest absolute Gasteiger partial charge is 0.410 e. The van der Waals surface area contributed by atoms with E-state index in [9.17, 15) is 23.9 Å². The van der Waals surface area contributed by atoms with Crippen LogP contribution in [0.1, 0.15) is 58.4 Å². The molecule has 48 heavy (non-hydrogen) atoms. The molecule has 0 aromatic heterocycles. The first-order chi connectivity index (χ1) is 22.9. The SMILES string of the molecule is C/C(=C\c1cc(F)cc(N2CCN(CC(=O)C3CC3)CC2)c1)[C@H]1OC(=O)C[C@H](O)CC[C@H](C)[C@@H](OC(=O)N2CCN(C)CC2)C=C[C@@H]1C. The first-order valence-corrected chi connectivity index (χ1v) is 17.6. The number of esters is 1. The number of Topliss-reactive ketones (excluding diaryl/α,β-unsaturated/α-hetero) is 1. The zero-order chi connectivity index (χ0) is 34.4. The third kappa shape index (κ3) is 10.1. The van der Waals surface area contributed by atoms with Crippen molar-refractivity contribution in [2.45, 2.75) is 71.2 Å². The van der Waals surface area contributed by atoms with Crippen LogP contribution in [-0.4, -0.2) is 122 Å². The van der Waals surface area contributed by atoms with Crippen molar-refractivity contribution in [1.29, 1.82) is 0 Å². The van der Waals surface area contributed by atoms with Crippen LogP contribution in [-0.2, 0) is 19.1 Å². The summed E-state index contributed by atoms with van der Waals surface area (Å²) in [5, 5.41) is 10.7. The van der Waals surface area contributed by atoms with Gasteiger partial charge in [0.05, 0.1) is 19.1 Å². The maximum absolute atomic E-state index is 15.0. The molecule has 3 heterocycles. The van der Waals surface area contributed by atoms with Gasteiger partial charge in [0.1, 0.15) is 23.8 Å². The van der Waals surface area contributed by atoms with E-state index in [0.29, 0.717) is 56.9 Å². The second-order valence-corrected chi connectivity index (χ2v) is 14.3. The van der Waals surface area contributed by atoms with E-state index in [-0.39, 0.29) is 36.1 Å². The summed E-state index contributed by atoms with van der Waals surface area (Å²) in [5.74, 6) is -0.635. The van der Waals surface area contributed by atoms with Gasteiger partial charge in [0, 0.05) is 69.9 Å². The van der Waals surface area contributed by atoms with Crippen molar-refractivity contribution < 1.29 is 33.4 Å². The van der Waals surface area contributed by atoms with E-state index >= 15 is 0 Å². The Balaban J connectivity index is 1.30. The van der Waals surface area contributed by atoms with Crippen molar-refractivity contribution in [1.82, 2.24) is 14.7 Å². The third-order valence-electron chi connectivity index (χ3n) is 10.2. The average molecular weight is 669 g/mol. The lowest BCUT2D eigenvalue weighted by Crippen LogP contribution is -2.48. The molecule has 0 bridgehead atoms. The molecule has 1 amide bonds. The van der Waals surface area contributed by atoms with Crippen LogP contribution in [0.25, 0.3) is 6.08 Å². The molecule has 5 atom stereocenters. The Bertz CT molecular complexity index is 1350. The van der Waals surface area contributed by atoms with Gasteiger partial charge in [-0.1, -0.05) is 26.0 Å². The lowest BCUT2D eigenvalue weighted by atomic mass is 9.91. The number of amides is 1. The Kier molecular flexibility index (Phi) is 12.3. The largest absolute Gasteiger partial charge is 0.457 e. The van der Waals surface area contributed by atoms with Crippen LogP contribution in [0.15, 0.2) is 35.9 Å². The summed E-state index contributed by atoms with van der Waals surface area (Å²) in [6.07, 6.45) is 6.08. The number of likely N-dealkylation sites (N-methyl/N-ethyl adjacent to an activating group) is 1. The maximum atomic E-state index is 15.0. The zero-order valence-electron chi connectivity index (χ0n) is 29.0. The number of halogens is 1. The normalized spacial score (nSPS) is 28.8. The summed E-state index contributed by atoms with van der Waals surface area (Å²) in [6.45, 7) is 12.0. The number of carbonyl (C=O) groups excluding carboxylic acids is 3. The highest BCUT2D eigenvalue weighted by Crippen LogP contribution is 2.31. The van der Waals surface area contributed by atoms with Crippen molar-refractivity contribution in [2.24, 2.45) is 17.8 Å². The van der Waals surface area contributed by atoms with Gasteiger partial charge >= 0.3 is 12.1 Å². The number of piperazine rings is 2. The van der Waals surface area contributed by atoms with Gasteiger partial charge in [0.2, 0.25) is 0 Å². The van der Waals surface area contributed by atoms with E-state index in [1.54, 1.807) is 4.90 Å². The van der Waals surface area contributed by atoms with E-state index in [1.807, 2.05) is 52.1 Å². The van der Waals surface area contributed by atoms with Crippen LogP contribution < -0.4 is 4.90 Å². The maximum Gasteiger partial charge on any atom is 0.410 e. The number of ether oxygens (including phenoxy) is 2. The number of nitrogens with zero attached hydrogens (tertiary/aromatic N) is 4. The number of hydrogen-bond donors (Lipinski definition) is 1. The molecule has 0 radical (unpaired) electrons. The summed E-state index contributed by atoms with van der Waals surface area (Å²) >= 11 is 0. The van der Waals surface area contributed by atoms with Crippen molar-refractivity contribution in [3.8, 4) is 0 Å². The molecule has 1 saturated carbocycles. The third-order valence-corrected chi connectivity index (χ3v) is 10.2. The molecule has 1 N–H and O–H groups in total. The fourth-order valence-electron chi connectivity index (χ4n) is 6.76. The molecule has 1 aromatic rings. The summed E-state index contributed by atoms with van der Waals surface area (Å²) in [7, 11) is 2.03. The Morgan fingerprint density at radius 2 is 1.69 bits per heavy atom. The topological polar surface area (TPSA) is 103 Å². The molecule has 264 valence electrons. The van der Waals surface area contributed by atoms with Gasteiger partial charge in [-0.2, -0.15) is 0 Å². The summed E-state index contributed by atoms with van der Waals surface area (Å²) < 4.78 is 26.9. The van der Waals surface area contributed by atoms with Gasteiger partial charge in [-0.25, -0.2) is 9.18 Å². The number of aliphatic hydroxyl groups excluding tert-OH is 1. The molecule has 0 spiro atoms. The Morgan fingerprint density at radius 1 is 0.979 bits per heavy atom. The van der Waals surface area contributed by atoms with Crippen molar-refractivity contribution in [2.75, 3.05) is 70.9 Å². The minimum absolute atomic E-state index is 0.0729. The minimum atomic E-state index is -0.879. The number of ketones is 1. The standard InChI is InChI=1S/C37H53FN4O6/c1-25-5-9-32(43)23-35(45)48-36(26(2)6-10-34(25)47-37(46)42-15-11-39(4)12-16-42)27(3)19-28-20-30(38)22-31(21-28)41-17-13-40(14-18-41)24-33(44)29-7-8-29/h6,10,19-22,25-26,29,32,34,36,43H,5,7-9,11-18,23-24H2,1-4H3/b10-6?,27-19+/t25-,26-,32+,34-,36-/m0/s1. The fourth-order valence-corrected chi connectivity index (χ4v) is 6.76. The van der Waals surface area contributed by atoms with E-state index in [4.69, 9.17) is 9.47 Å². The van der Waals surface area contributed by atoms with Crippen LogP contribution >= 0.6 is 0 Å². The molecule has 1 aliphatic carbocycles. The van der Waals surface area contributed by atoms with Gasteiger partial charge in [0.15, 0.2) is 0 Å². The van der Waals surface area contributed by atoms with Crippen molar-refractivity contribution >= 4 is 29.6 Å². The average Bonchev–Trinajstić information content (AvgIpc) is 3.90. The number of benzene rings is 1. The lowest BCUT2D eigenvalue weighted by molar-refractivity contribution is -0.151. The Labute approximate surface area is 284 Å². The number of rotatable bonds is 7. The highest BCUT2D eigenvalue weighted by molar-refractivity contribution is 5.85. The van der Waals surface area contributed by atoms with Crippen LogP contribution in [0.4, 0.5) is 14.9 Å². The quantitative estimate of drug-likeness (QED) is 0.335. The van der Waals surface area contributed by atoms with Gasteiger partial charge in [-0.15, -0.1) is 0 Å². The van der Waals surface area contributed by atoms with Gasteiger partial charge in [-0.3, -0.25) is 14.5 Å². The molecule has 10 nitrogen and oxygen atoms in total. The summed E-state index contributed by atoms with van der Waals surface area (Å²) in [5.41, 5.74) is 2.15. The molecule has 3 aliphatic heterocycles. The number of anilines is 1. The number of aliphatic hydroxyl groups is 1. The monoisotopic (exact) mass is 668 g/mol. The van der Waals surface area contributed by atoms with Crippen molar-refractivity contribution in [3.63, 3.8) is 0 Å². The molecule has 11 heteroatoms. The second kappa shape index (κ2) is 16.4. The molecule has 5 rings (SSSR count). The molecular formula is C37H53FN4O6. The zero-order valence-corrected chi connectivity index (χ0v) is 29.0. The van der Waals surface area contributed by atoms with E-state index in [2.05, 4.69) is 14.7 Å². The van der Waals surface area contributed by atoms with Crippen LogP contribution in [0, 0.1) is 23.6 Å². The first kappa shape index (κ1) is 36.0. The Hall–Kier alpha value is -3.28. The highest BCUT2D eigenvalue weighted by atomic mass is 19.1. The second-order valence-electron chi connectivity index (χ2n) is 14.3. The van der Waals surface area contributed by atoms with Crippen LogP contribution in [0.2, 0.25) is 0 Å². The summed E-state index contributed by atoms with van der Waals surface area (Å²) in [4.78, 5) is 46.6. The number of hydrogen-bond acceptors (Lipinski definition) is 9. The fraction of sp³-hybridized carbons (Fsp3) is 0.649. The lowest BCUT2D eigenvalue weighted by Gasteiger charge is -2.36. The van der Waals surface area contributed by atoms with E-state index in [1.165, 1.54) is 12.1 Å². The van der Waals surface area contributed by atoms with Gasteiger partial charge in [0.25, 0.3) is 0 Å². The summed E-state index contributed by atoms with van der Waals surface area (Å²) in [6, 6.07) is 4.94. The molecule has 0 unspecified atom stereocenters.